The maximum absolute atomic E-state index is 13.6. The number of alkyl halides is 6. The lowest BCUT2D eigenvalue weighted by molar-refractivity contribution is -0.231. The molecule has 3 atom stereocenters. The van der Waals surface area contributed by atoms with Gasteiger partial charge < -0.3 is 14.7 Å². The van der Waals surface area contributed by atoms with Gasteiger partial charge in [-0.2, -0.15) is 31.3 Å². The summed E-state index contributed by atoms with van der Waals surface area (Å²) in [6.45, 7) is 1.38. The molecule has 15 heteroatoms. The normalized spacial score (nSPS) is 20.0. The maximum Gasteiger partial charge on any atom is 0.416 e. The van der Waals surface area contributed by atoms with Crippen LogP contribution in [0.25, 0.3) is 0 Å². The van der Waals surface area contributed by atoms with Crippen molar-refractivity contribution in [3.05, 3.63) is 86.8 Å². The van der Waals surface area contributed by atoms with Gasteiger partial charge >= 0.3 is 18.0 Å². The molecule has 0 unspecified atom stereocenters. The van der Waals surface area contributed by atoms with E-state index in [1.54, 1.807) is 4.90 Å². The molecule has 0 spiro atoms. The van der Waals surface area contributed by atoms with Crippen molar-refractivity contribution >= 4 is 0 Å². The first-order valence-electron chi connectivity index (χ1n) is 11.2. The van der Waals surface area contributed by atoms with E-state index < -0.39 is 53.4 Å². The predicted octanol–water partition coefficient (Wildman–Crippen LogP) is 4.66. The third-order valence-electron chi connectivity index (χ3n) is 5.96. The van der Waals surface area contributed by atoms with Crippen LogP contribution < -0.4 is 5.69 Å². The quantitative estimate of drug-likeness (QED) is 0.343. The summed E-state index contributed by atoms with van der Waals surface area (Å²) >= 11 is 0. The first-order chi connectivity index (χ1) is 17.7. The minimum atomic E-state index is -5.03. The summed E-state index contributed by atoms with van der Waals surface area (Å²) in [4.78, 5) is 17.2. The number of aromatic amines is 1. The van der Waals surface area contributed by atoms with E-state index in [9.17, 15) is 40.7 Å². The Bertz CT molecular complexity index is 1290. The molecule has 8 nitrogen and oxygen atoms in total. The number of hydrogen-bond acceptors (Lipinski definition) is 6. The number of aromatic nitrogens is 3. The van der Waals surface area contributed by atoms with Crippen molar-refractivity contribution in [2.24, 2.45) is 0 Å². The summed E-state index contributed by atoms with van der Waals surface area (Å²) in [5, 5.41) is 11.9. The van der Waals surface area contributed by atoms with E-state index in [0.29, 0.717) is 22.5 Å². The Kier molecular flexibility index (Phi) is 7.54. The summed E-state index contributed by atoms with van der Waals surface area (Å²) < 4.78 is 105. The fourth-order valence-corrected chi connectivity index (χ4v) is 4.13. The zero-order chi connectivity index (χ0) is 27.8. The molecule has 3 aromatic rings. The standard InChI is InChI=1S/C23H21F7N4O4/c1-12(14-8-15(22(25,26)27)10-16(9-14)23(28,29)30)38-20-19(13-2-4-17(24)5-3-13)33(6-7-37-20)11-18-31-21(35)32-34(18)36/h2-5,8-10,12,19-20,36H,6-7,11H2,1H3,(H,32,35)/t12-,19+,20-/m1/s1. The van der Waals surface area contributed by atoms with Gasteiger partial charge in [-0.1, -0.05) is 12.1 Å². The number of rotatable bonds is 6. The number of morpholine rings is 1. The molecular formula is C23H21F7N4O4. The Labute approximate surface area is 210 Å². The molecule has 1 aliphatic heterocycles. The average molecular weight is 550 g/mol. The van der Waals surface area contributed by atoms with Crippen molar-refractivity contribution in [2.75, 3.05) is 13.2 Å². The summed E-state index contributed by atoms with van der Waals surface area (Å²) in [7, 11) is 0. The summed E-state index contributed by atoms with van der Waals surface area (Å²) in [6.07, 6.45) is -12.6. The number of nitrogens with one attached hydrogen (secondary N) is 1. The molecule has 1 fully saturated rings. The highest BCUT2D eigenvalue weighted by Gasteiger charge is 2.39. The van der Waals surface area contributed by atoms with E-state index >= 15 is 0 Å². The van der Waals surface area contributed by atoms with Gasteiger partial charge in [0.1, 0.15) is 5.82 Å². The smallest absolute Gasteiger partial charge is 0.412 e. The van der Waals surface area contributed by atoms with Gasteiger partial charge in [0, 0.05) is 6.54 Å². The first kappa shape index (κ1) is 27.6. The van der Waals surface area contributed by atoms with Crippen molar-refractivity contribution in [2.45, 2.75) is 44.3 Å². The van der Waals surface area contributed by atoms with Crippen LogP contribution in [0.1, 0.15) is 47.1 Å². The Morgan fingerprint density at radius 3 is 2.24 bits per heavy atom. The highest BCUT2D eigenvalue weighted by atomic mass is 19.4. The zero-order valence-corrected chi connectivity index (χ0v) is 19.6. The lowest BCUT2D eigenvalue weighted by atomic mass is 10.0. The van der Waals surface area contributed by atoms with Crippen LogP contribution in [0.2, 0.25) is 0 Å². The molecule has 4 rings (SSSR count). The van der Waals surface area contributed by atoms with Crippen molar-refractivity contribution in [3.63, 3.8) is 0 Å². The highest BCUT2D eigenvalue weighted by Crippen LogP contribution is 2.39. The Hall–Kier alpha value is -3.43. The van der Waals surface area contributed by atoms with Crippen LogP contribution in [-0.2, 0) is 28.4 Å². The molecule has 1 saturated heterocycles. The van der Waals surface area contributed by atoms with Crippen LogP contribution in [0.3, 0.4) is 0 Å². The predicted molar refractivity (Wildman–Crippen MR) is 115 cm³/mol. The molecule has 0 aliphatic carbocycles. The van der Waals surface area contributed by atoms with E-state index in [1.807, 2.05) is 5.10 Å². The molecule has 1 aliphatic rings. The molecule has 38 heavy (non-hydrogen) atoms. The topological polar surface area (TPSA) is 92.6 Å². The molecule has 0 saturated carbocycles. The van der Waals surface area contributed by atoms with Crippen molar-refractivity contribution in [1.29, 1.82) is 0 Å². The zero-order valence-electron chi connectivity index (χ0n) is 19.6. The number of ether oxygens (including phenoxy) is 2. The van der Waals surface area contributed by atoms with Gasteiger partial charge in [0.2, 0.25) is 0 Å². The van der Waals surface area contributed by atoms with Crippen LogP contribution >= 0.6 is 0 Å². The van der Waals surface area contributed by atoms with Gasteiger partial charge in [-0.25, -0.2) is 14.3 Å². The van der Waals surface area contributed by atoms with E-state index in [2.05, 4.69) is 4.98 Å². The van der Waals surface area contributed by atoms with Gasteiger partial charge in [-0.3, -0.25) is 4.90 Å². The van der Waals surface area contributed by atoms with Gasteiger partial charge in [-0.15, -0.1) is 4.85 Å². The summed E-state index contributed by atoms with van der Waals surface area (Å²) in [5.41, 5.74) is -3.74. The van der Waals surface area contributed by atoms with E-state index in [4.69, 9.17) is 9.47 Å². The molecule has 2 aromatic carbocycles. The highest BCUT2D eigenvalue weighted by molar-refractivity contribution is 5.34. The van der Waals surface area contributed by atoms with Crippen LogP contribution in [0.5, 0.6) is 0 Å². The lowest BCUT2D eigenvalue weighted by Crippen LogP contribution is -2.46. The fourth-order valence-electron chi connectivity index (χ4n) is 4.13. The van der Waals surface area contributed by atoms with E-state index in [0.717, 1.165) is 12.1 Å². The Balaban J connectivity index is 1.68. The molecule has 2 heterocycles. The number of H-pyrrole nitrogens is 1. The molecule has 206 valence electrons. The van der Waals surface area contributed by atoms with Crippen molar-refractivity contribution in [1.82, 2.24) is 19.8 Å². The SMILES string of the molecule is C[C@@H](O[C@H]1OCCN(Cc2nc(=O)[nH]n2O)[C@H]1c1ccc(F)cc1)c1cc(C(F)(F)F)cc(C(F)(F)F)c1. The number of nitrogens with zero attached hydrogens (tertiary/aromatic N) is 3. The fraction of sp³-hybridized carbons (Fsp3) is 0.391. The molecule has 0 radical (unpaired) electrons. The Morgan fingerprint density at radius 2 is 1.71 bits per heavy atom. The number of hydrogen-bond donors (Lipinski definition) is 2. The maximum atomic E-state index is 13.6. The number of benzene rings is 2. The van der Waals surface area contributed by atoms with Crippen LogP contribution in [0.15, 0.2) is 47.3 Å². The van der Waals surface area contributed by atoms with Crippen molar-refractivity contribution < 1.29 is 45.4 Å². The van der Waals surface area contributed by atoms with E-state index in [-0.39, 0.29) is 37.2 Å². The molecule has 2 N–H and O–H groups in total. The second-order valence-corrected chi connectivity index (χ2v) is 8.58. The first-order valence-corrected chi connectivity index (χ1v) is 11.2. The van der Waals surface area contributed by atoms with Gasteiger partial charge in [0.25, 0.3) is 0 Å². The van der Waals surface area contributed by atoms with Crippen LogP contribution in [0, 0.1) is 5.82 Å². The Morgan fingerprint density at radius 1 is 1.11 bits per heavy atom. The van der Waals surface area contributed by atoms with Gasteiger partial charge in [0.15, 0.2) is 12.1 Å². The molecule has 0 amide bonds. The van der Waals surface area contributed by atoms with Crippen LogP contribution in [-0.4, -0.2) is 44.5 Å². The third kappa shape index (κ3) is 6.16. The lowest BCUT2D eigenvalue weighted by Gasteiger charge is -2.41. The van der Waals surface area contributed by atoms with Gasteiger partial charge in [-0.05, 0) is 48.4 Å². The van der Waals surface area contributed by atoms with Crippen molar-refractivity contribution in [3.8, 4) is 0 Å². The molecule has 1 aromatic heterocycles. The van der Waals surface area contributed by atoms with Crippen LogP contribution in [0.4, 0.5) is 30.7 Å². The molecule has 0 bridgehead atoms. The summed E-state index contributed by atoms with van der Waals surface area (Å²) in [5.74, 6) is -0.633. The molecular weight excluding hydrogens is 529 g/mol. The monoisotopic (exact) mass is 550 g/mol. The third-order valence-corrected chi connectivity index (χ3v) is 5.96. The minimum Gasteiger partial charge on any atom is -0.412 e. The second kappa shape index (κ2) is 10.4. The number of halogens is 7. The second-order valence-electron chi connectivity index (χ2n) is 8.58. The van der Waals surface area contributed by atoms with Gasteiger partial charge in [0.05, 0.1) is 36.4 Å². The summed E-state index contributed by atoms with van der Waals surface area (Å²) in [6, 6.07) is 5.42. The average Bonchev–Trinajstić information content (AvgIpc) is 3.15. The largest absolute Gasteiger partial charge is 0.416 e. The minimum absolute atomic E-state index is 0.0194. The van der Waals surface area contributed by atoms with E-state index in [1.165, 1.54) is 19.1 Å².